The van der Waals surface area contributed by atoms with E-state index < -0.39 is 0 Å². The lowest BCUT2D eigenvalue weighted by atomic mass is 9.93. The van der Waals surface area contributed by atoms with Gasteiger partial charge in [0.1, 0.15) is 5.75 Å². The smallest absolute Gasteiger partial charge is 0.227 e. The number of hydrogen-bond acceptors (Lipinski definition) is 3. The number of halogens is 1. The molecule has 1 saturated heterocycles. The quantitative estimate of drug-likeness (QED) is 0.754. The highest BCUT2D eigenvalue weighted by atomic mass is 35.5. The first kappa shape index (κ1) is 19.6. The Balaban J connectivity index is 1.67. The van der Waals surface area contributed by atoms with Crippen LogP contribution in [-0.4, -0.2) is 32.1 Å². The third-order valence-corrected chi connectivity index (χ3v) is 5.35. The molecule has 1 N–H and O–H groups in total. The van der Waals surface area contributed by atoms with E-state index >= 15 is 0 Å². The standard InChI is InChI=1S/C22H27ClN2O2/c1-3-7-19(16-8-5-4-6-9-16)22(26)24-18-12-13-25(15-18)20-14-17(23)10-11-21(20)27-2/h4-6,8-11,14,18-19H,3,7,12-13,15H2,1-2H3,(H,24,26). The van der Waals surface area contributed by atoms with Crippen molar-refractivity contribution in [2.45, 2.75) is 38.1 Å². The maximum absolute atomic E-state index is 12.9. The van der Waals surface area contributed by atoms with Crippen molar-refractivity contribution in [1.82, 2.24) is 5.32 Å². The molecule has 0 spiro atoms. The lowest BCUT2D eigenvalue weighted by Crippen LogP contribution is -2.40. The minimum absolute atomic E-state index is 0.0917. The first-order valence-corrected chi connectivity index (χ1v) is 9.94. The Bertz CT molecular complexity index is 766. The third-order valence-electron chi connectivity index (χ3n) is 5.11. The van der Waals surface area contributed by atoms with Gasteiger partial charge in [0.15, 0.2) is 0 Å². The van der Waals surface area contributed by atoms with Crippen LogP contribution in [0.25, 0.3) is 0 Å². The van der Waals surface area contributed by atoms with Crippen LogP contribution >= 0.6 is 11.6 Å². The summed E-state index contributed by atoms with van der Waals surface area (Å²) in [5.41, 5.74) is 2.07. The van der Waals surface area contributed by atoms with Crippen LogP contribution in [0.5, 0.6) is 5.75 Å². The van der Waals surface area contributed by atoms with E-state index in [1.807, 2.05) is 48.5 Å². The molecule has 0 aromatic heterocycles. The SMILES string of the molecule is CCCC(C(=O)NC1CCN(c2cc(Cl)ccc2OC)C1)c1ccccc1. The lowest BCUT2D eigenvalue weighted by Gasteiger charge is -2.23. The Morgan fingerprint density at radius 1 is 1.30 bits per heavy atom. The van der Waals surface area contributed by atoms with Crippen LogP contribution in [0.3, 0.4) is 0 Å². The number of anilines is 1. The molecule has 27 heavy (non-hydrogen) atoms. The minimum atomic E-state index is -0.0917. The average Bonchev–Trinajstić information content (AvgIpc) is 3.15. The predicted molar refractivity (Wildman–Crippen MR) is 111 cm³/mol. The highest BCUT2D eigenvalue weighted by molar-refractivity contribution is 6.30. The minimum Gasteiger partial charge on any atom is -0.495 e. The Morgan fingerprint density at radius 2 is 2.07 bits per heavy atom. The van der Waals surface area contributed by atoms with E-state index in [0.717, 1.165) is 49.4 Å². The number of nitrogens with one attached hydrogen (secondary N) is 1. The van der Waals surface area contributed by atoms with E-state index in [1.165, 1.54) is 0 Å². The summed E-state index contributed by atoms with van der Waals surface area (Å²) < 4.78 is 5.47. The van der Waals surface area contributed by atoms with Gasteiger partial charge in [0, 0.05) is 24.2 Å². The zero-order chi connectivity index (χ0) is 19.2. The predicted octanol–water partition coefficient (Wildman–Crippen LogP) is 4.63. The van der Waals surface area contributed by atoms with Gasteiger partial charge in [0.25, 0.3) is 0 Å². The molecule has 3 rings (SSSR count). The average molecular weight is 387 g/mol. The summed E-state index contributed by atoms with van der Waals surface area (Å²) in [4.78, 5) is 15.2. The summed E-state index contributed by atoms with van der Waals surface area (Å²) in [6.45, 7) is 3.74. The fraction of sp³-hybridized carbons (Fsp3) is 0.409. The molecule has 1 heterocycles. The van der Waals surface area contributed by atoms with E-state index in [0.29, 0.717) is 5.02 Å². The van der Waals surface area contributed by atoms with E-state index in [9.17, 15) is 4.79 Å². The van der Waals surface area contributed by atoms with Gasteiger partial charge in [-0.05, 0) is 36.6 Å². The van der Waals surface area contributed by atoms with Crippen molar-refractivity contribution in [2.24, 2.45) is 0 Å². The normalized spacial score (nSPS) is 17.6. The van der Waals surface area contributed by atoms with E-state index in [2.05, 4.69) is 17.1 Å². The third kappa shape index (κ3) is 4.75. The Kier molecular flexibility index (Phi) is 6.62. The maximum atomic E-state index is 12.9. The molecule has 1 fully saturated rings. The van der Waals surface area contributed by atoms with Crippen LogP contribution in [0.15, 0.2) is 48.5 Å². The van der Waals surface area contributed by atoms with Crippen molar-refractivity contribution >= 4 is 23.2 Å². The molecule has 2 atom stereocenters. The number of carbonyl (C=O) groups is 1. The maximum Gasteiger partial charge on any atom is 0.227 e. The molecule has 0 bridgehead atoms. The summed E-state index contributed by atoms with van der Waals surface area (Å²) >= 11 is 6.17. The number of rotatable bonds is 7. The Morgan fingerprint density at radius 3 is 2.78 bits per heavy atom. The molecule has 2 aromatic carbocycles. The molecule has 0 aliphatic carbocycles. The van der Waals surface area contributed by atoms with Crippen molar-refractivity contribution in [3.63, 3.8) is 0 Å². The van der Waals surface area contributed by atoms with E-state index in [4.69, 9.17) is 16.3 Å². The molecule has 0 saturated carbocycles. The number of hydrogen-bond donors (Lipinski definition) is 1. The van der Waals surface area contributed by atoms with Crippen molar-refractivity contribution in [3.8, 4) is 5.75 Å². The van der Waals surface area contributed by atoms with Crippen molar-refractivity contribution in [1.29, 1.82) is 0 Å². The second kappa shape index (κ2) is 9.14. The zero-order valence-electron chi connectivity index (χ0n) is 16.0. The van der Waals surface area contributed by atoms with Gasteiger partial charge < -0.3 is 15.0 Å². The number of amides is 1. The lowest BCUT2D eigenvalue weighted by molar-refractivity contribution is -0.123. The van der Waals surface area contributed by atoms with E-state index in [-0.39, 0.29) is 17.9 Å². The highest BCUT2D eigenvalue weighted by Gasteiger charge is 2.28. The van der Waals surface area contributed by atoms with Crippen molar-refractivity contribution < 1.29 is 9.53 Å². The monoisotopic (exact) mass is 386 g/mol. The second-order valence-corrected chi connectivity index (χ2v) is 7.44. The molecule has 4 nitrogen and oxygen atoms in total. The Labute approximate surface area is 166 Å². The van der Waals surface area contributed by atoms with Crippen LogP contribution in [0.4, 0.5) is 5.69 Å². The van der Waals surface area contributed by atoms with Gasteiger partial charge in [-0.2, -0.15) is 0 Å². The molecule has 1 aliphatic heterocycles. The zero-order valence-corrected chi connectivity index (χ0v) is 16.7. The number of methoxy groups -OCH3 is 1. The topological polar surface area (TPSA) is 41.6 Å². The molecule has 0 radical (unpaired) electrons. The molecule has 5 heteroatoms. The van der Waals surface area contributed by atoms with Crippen LogP contribution in [0, 0.1) is 0 Å². The molecular formula is C22H27ClN2O2. The molecular weight excluding hydrogens is 360 g/mol. The van der Waals surface area contributed by atoms with Gasteiger partial charge in [0.05, 0.1) is 18.7 Å². The van der Waals surface area contributed by atoms with Crippen LogP contribution in [0.2, 0.25) is 5.02 Å². The van der Waals surface area contributed by atoms with Crippen molar-refractivity contribution in [3.05, 3.63) is 59.1 Å². The largest absolute Gasteiger partial charge is 0.495 e. The number of carbonyl (C=O) groups excluding carboxylic acids is 1. The summed E-state index contributed by atoms with van der Waals surface area (Å²) in [5.74, 6) is 0.832. The van der Waals surface area contributed by atoms with Gasteiger partial charge in [-0.15, -0.1) is 0 Å². The van der Waals surface area contributed by atoms with Gasteiger partial charge in [-0.3, -0.25) is 4.79 Å². The summed E-state index contributed by atoms with van der Waals surface area (Å²) in [5, 5.41) is 3.95. The number of benzene rings is 2. The Hall–Kier alpha value is -2.20. The fourth-order valence-corrected chi connectivity index (χ4v) is 3.90. The summed E-state index contributed by atoms with van der Waals surface area (Å²) in [7, 11) is 1.66. The molecule has 144 valence electrons. The van der Waals surface area contributed by atoms with Crippen molar-refractivity contribution in [2.75, 3.05) is 25.1 Å². The highest BCUT2D eigenvalue weighted by Crippen LogP contribution is 2.33. The first-order valence-electron chi connectivity index (χ1n) is 9.56. The van der Waals surface area contributed by atoms with Crippen LogP contribution in [-0.2, 0) is 4.79 Å². The van der Waals surface area contributed by atoms with Gasteiger partial charge in [-0.1, -0.05) is 55.3 Å². The molecule has 2 aromatic rings. The molecule has 1 aliphatic rings. The number of ether oxygens (including phenoxy) is 1. The van der Waals surface area contributed by atoms with Gasteiger partial charge in [0.2, 0.25) is 5.91 Å². The second-order valence-electron chi connectivity index (χ2n) is 7.01. The van der Waals surface area contributed by atoms with Gasteiger partial charge >= 0.3 is 0 Å². The fourth-order valence-electron chi connectivity index (χ4n) is 3.73. The summed E-state index contributed by atoms with van der Waals surface area (Å²) in [6.07, 6.45) is 2.74. The molecule has 1 amide bonds. The van der Waals surface area contributed by atoms with Gasteiger partial charge in [-0.25, -0.2) is 0 Å². The summed E-state index contributed by atoms with van der Waals surface area (Å²) in [6, 6.07) is 15.8. The number of nitrogens with zero attached hydrogens (tertiary/aromatic N) is 1. The van der Waals surface area contributed by atoms with Crippen LogP contribution in [0.1, 0.15) is 37.7 Å². The first-order chi connectivity index (χ1) is 13.1. The van der Waals surface area contributed by atoms with E-state index in [1.54, 1.807) is 7.11 Å². The van der Waals surface area contributed by atoms with Crippen LogP contribution < -0.4 is 15.0 Å². The molecule has 2 unspecified atom stereocenters.